The molecular formula is C15H24N2O3. The van der Waals surface area contributed by atoms with E-state index in [1.54, 1.807) is 7.11 Å². The van der Waals surface area contributed by atoms with Crippen LogP contribution in [-0.4, -0.2) is 38.8 Å². The summed E-state index contributed by atoms with van der Waals surface area (Å²) in [6.45, 7) is 6.13. The van der Waals surface area contributed by atoms with Crippen LogP contribution < -0.4 is 10.6 Å². The Morgan fingerprint density at radius 2 is 1.95 bits per heavy atom. The van der Waals surface area contributed by atoms with E-state index in [1.807, 2.05) is 38.1 Å². The van der Waals surface area contributed by atoms with Crippen LogP contribution in [0.25, 0.3) is 0 Å². The summed E-state index contributed by atoms with van der Waals surface area (Å²) < 4.78 is 10.4. The van der Waals surface area contributed by atoms with Gasteiger partial charge in [-0.05, 0) is 31.5 Å². The molecule has 5 heteroatoms. The molecule has 0 spiro atoms. The summed E-state index contributed by atoms with van der Waals surface area (Å²) in [5, 5.41) is 5.82. The number of benzene rings is 1. The summed E-state index contributed by atoms with van der Waals surface area (Å²) in [5.74, 6) is -0.0627. The first-order valence-electron chi connectivity index (χ1n) is 6.82. The zero-order valence-corrected chi connectivity index (χ0v) is 12.4. The molecule has 2 N–H and O–H groups in total. The minimum absolute atomic E-state index is 0.0627. The third-order valence-electron chi connectivity index (χ3n) is 2.59. The van der Waals surface area contributed by atoms with Gasteiger partial charge in [0, 0.05) is 19.3 Å². The Bertz CT molecular complexity index is 391. The van der Waals surface area contributed by atoms with E-state index in [-0.39, 0.29) is 18.6 Å². The molecule has 0 radical (unpaired) electrons. The minimum Gasteiger partial charge on any atom is -0.383 e. The average molecular weight is 280 g/mol. The molecule has 1 rings (SSSR count). The molecule has 0 heterocycles. The molecule has 0 aliphatic heterocycles. The van der Waals surface area contributed by atoms with E-state index in [0.29, 0.717) is 19.8 Å². The lowest BCUT2D eigenvalue weighted by atomic mass is 10.2. The molecule has 1 amide bonds. The third kappa shape index (κ3) is 7.23. The molecule has 0 aromatic heterocycles. The van der Waals surface area contributed by atoms with Crippen molar-refractivity contribution in [3.8, 4) is 0 Å². The number of nitrogens with one attached hydrogen (secondary N) is 2. The van der Waals surface area contributed by atoms with Gasteiger partial charge in [0.2, 0.25) is 5.91 Å². The highest BCUT2D eigenvalue weighted by molar-refractivity contribution is 5.92. The lowest BCUT2D eigenvalue weighted by Crippen LogP contribution is -2.30. The summed E-state index contributed by atoms with van der Waals surface area (Å²) in [4.78, 5) is 11.6. The maximum atomic E-state index is 11.6. The molecule has 0 saturated carbocycles. The van der Waals surface area contributed by atoms with Gasteiger partial charge in [0.05, 0.1) is 25.9 Å². The number of methoxy groups -OCH3 is 1. The standard InChI is InChI=1S/C15H24N2O3/c1-12(2)20-11-13-4-6-14(7-5-13)17-15(18)10-16-8-9-19-3/h4-7,12,16H,8-11H2,1-3H3,(H,17,18). The molecule has 0 aliphatic rings. The molecule has 0 fully saturated rings. The van der Waals surface area contributed by atoms with Crippen LogP contribution in [0.3, 0.4) is 0 Å². The summed E-state index contributed by atoms with van der Waals surface area (Å²) in [6.07, 6.45) is 0.215. The number of rotatable bonds is 9. The Morgan fingerprint density at radius 3 is 2.55 bits per heavy atom. The van der Waals surface area contributed by atoms with Crippen molar-refractivity contribution in [3.05, 3.63) is 29.8 Å². The van der Waals surface area contributed by atoms with Gasteiger partial charge in [0.15, 0.2) is 0 Å². The van der Waals surface area contributed by atoms with Crippen molar-refractivity contribution in [1.82, 2.24) is 5.32 Å². The van der Waals surface area contributed by atoms with Crippen LogP contribution in [0.4, 0.5) is 5.69 Å². The van der Waals surface area contributed by atoms with Crippen molar-refractivity contribution in [3.63, 3.8) is 0 Å². The SMILES string of the molecule is COCCNCC(=O)Nc1ccc(COC(C)C)cc1. The largest absolute Gasteiger partial charge is 0.383 e. The first-order valence-corrected chi connectivity index (χ1v) is 6.82. The molecule has 0 unspecified atom stereocenters. The zero-order chi connectivity index (χ0) is 14.8. The van der Waals surface area contributed by atoms with Crippen molar-refractivity contribution in [2.24, 2.45) is 0 Å². The first kappa shape index (κ1) is 16.6. The van der Waals surface area contributed by atoms with Crippen LogP contribution in [0, 0.1) is 0 Å². The van der Waals surface area contributed by atoms with Crippen LogP contribution in [0.15, 0.2) is 24.3 Å². The number of ether oxygens (including phenoxy) is 2. The van der Waals surface area contributed by atoms with Crippen LogP contribution in [0.1, 0.15) is 19.4 Å². The van der Waals surface area contributed by atoms with Gasteiger partial charge in [-0.1, -0.05) is 12.1 Å². The van der Waals surface area contributed by atoms with E-state index in [4.69, 9.17) is 9.47 Å². The number of hydrogen-bond donors (Lipinski definition) is 2. The second-order valence-corrected chi connectivity index (χ2v) is 4.77. The van der Waals surface area contributed by atoms with E-state index >= 15 is 0 Å². The fraction of sp³-hybridized carbons (Fsp3) is 0.533. The van der Waals surface area contributed by atoms with E-state index in [1.165, 1.54) is 0 Å². The fourth-order valence-corrected chi connectivity index (χ4v) is 1.53. The van der Waals surface area contributed by atoms with Gasteiger partial charge in [-0.25, -0.2) is 0 Å². The second-order valence-electron chi connectivity index (χ2n) is 4.77. The predicted octanol–water partition coefficient (Wildman–Crippen LogP) is 1.79. The molecule has 5 nitrogen and oxygen atoms in total. The highest BCUT2D eigenvalue weighted by Crippen LogP contribution is 2.10. The number of carbonyl (C=O) groups is 1. The Labute approximate surface area is 120 Å². The maximum Gasteiger partial charge on any atom is 0.238 e. The van der Waals surface area contributed by atoms with E-state index < -0.39 is 0 Å². The van der Waals surface area contributed by atoms with Crippen molar-refractivity contribution < 1.29 is 14.3 Å². The average Bonchev–Trinajstić information content (AvgIpc) is 2.43. The van der Waals surface area contributed by atoms with Crippen LogP contribution >= 0.6 is 0 Å². The van der Waals surface area contributed by atoms with Gasteiger partial charge in [-0.2, -0.15) is 0 Å². The predicted molar refractivity (Wildman–Crippen MR) is 79.7 cm³/mol. The van der Waals surface area contributed by atoms with Crippen molar-refractivity contribution >= 4 is 11.6 Å². The smallest absolute Gasteiger partial charge is 0.238 e. The van der Waals surface area contributed by atoms with Gasteiger partial charge in [0.25, 0.3) is 0 Å². The van der Waals surface area contributed by atoms with E-state index in [9.17, 15) is 4.79 Å². The molecule has 1 aromatic rings. The maximum absolute atomic E-state index is 11.6. The Balaban J connectivity index is 2.31. The monoisotopic (exact) mass is 280 g/mol. The van der Waals surface area contributed by atoms with Gasteiger partial charge in [-0.3, -0.25) is 4.79 Å². The third-order valence-corrected chi connectivity index (χ3v) is 2.59. The highest BCUT2D eigenvalue weighted by atomic mass is 16.5. The Hall–Kier alpha value is -1.43. The fourth-order valence-electron chi connectivity index (χ4n) is 1.53. The first-order chi connectivity index (χ1) is 9.61. The molecule has 0 atom stereocenters. The molecule has 1 aromatic carbocycles. The lowest BCUT2D eigenvalue weighted by molar-refractivity contribution is -0.115. The molecule has 0 aliphatic carbocycles. The number of anilines is 1. The number of amides is 1. The molecule has 0 bridgehead atoms. The highest BCUT2D eigenvalue weighted by Gasteiger charge is 2.02. The lowest BCUT2D eigenvalue weighted by Gasteiger charge is -2.09. The van der Waals surface area contributed by atoms with Crippen LogP contribution in [0.5, 0.6) is 0 Å². The molecular weight excluding hydrogens is 256 g/mol. The van der Waals surface area contributed by atoms with E-state index in [2.05, 4.69) is 10.6 Å². The summed E-state index contributed by atoms with van der Waals surface area (Å²) in [5.41, 5.74) is 1.88. The zero-order valence-electron chi connectivity index (χ0n) is 12.4. The van der Waals surface area contributed by atoms with Crippen molar-refractivity contribution in [1.29, 1.82) is 0 Å². The summed E-state index contributed by atoms with van der Waals surface area (Å²) in [6, 6.07) is 7.67. The van der Waals surface area contributed by atoms with Crippen molar-refractivity contribution in [2.45, 2.75) is 26.6 Å². The van der Waals surface area contributed by atoms with Crippen LogP contribution in [-0.2, 0) is 20.9 Å². The number of carbonyl (C=O) groups excluding carboxylic acids is 1. The Morgan fingerprint density at radius 1 is 1.25 bits per heavy atom. The molecule has 20 heavy (non-hydrogen) atoms. The molecule has 112 valence electrons. The van der Waals surface area contributed by atoms with Gasteiger partial charge < -0.3 is 20.1 Å². The van der Waals surface area contributed by atoms with Crippen LogP contribution in [0.2, 0.25) is 0 Å². The van der Waals surface area contributed by atoms with Crippen molar-refractivity contribution in [2.75, 3.05) is 32.1 Å². The van der Waals surface area contributed by atoms with Gasteiger partial charge in [-0.15, -0.1) is 0 Å². The molecule has 0 saturated heterocycles. The normalized spacial score (nSPS) is 10.8. The quantitative estimate of drug-likeness (QED) is 0.677. The minimum atomic E-state index is -0.0627. The van der Waals surface area contributed by atoms with Gasteiger partial charge >= 0.3 is 0 Å². The topological polar surface area (TPSA) is 59.6 Å². The Kier molecular flexibility index (Phi) is 7.87. The summed E-state index contributed by atoms with van der Waals surface area (Å²) >= 11 is 0. The number of hydrogen-bond acceptors (Lipinski definition) is 4. The van der Waals surface area contributed by atoms with Gasteiger partial charge in [0.1, 0.15) is 0 Å². The van der Waals surface area contributed by atoms with E-state index in [0.717, 1.165) is 11.3 Å². The summed E-state index contributed by atoms with van der Waals surface area (Å²) in [7, 11) is 1.63. The second kappa shape index (κ2) is 9.47.